The molecule has 1 N–H and O–H groups in total. The number of fused-ring (bicyclic) bond motifs is 3. The minimum absolute atomic E-state index is 0.0517. The Morgan fingerprint density at radius 3 is 2.78 bits per heavy atom. The topological polar surface area (TPSA) is 75.4 Å². The highest BCUT2D eigenvalue weighted by molar-refractivity contribution is 7.17. The Bertz CT molecular complexity index is 1020. The van der Waals surface area contributed by atoms with Gasteiger partial charge in [0.15, 0.2) is 5.82 Å². The first kappa shape index (κ1) is 17.5. The van der Waals surface area contributed by atoms with Crippen LogP contribution in [0.15, 0.2) is 40.9 Å². The predicted molar refractivity (Wildman–Crippen MR) is 104 cm³/mol. The molecule has 0 saturated carbocycles. The van der Waals surface area contributed by atoms with Crippen LogP contribution in [0.5, 0.6) is 0 Å². The fourth-order valence-corrected chi connectivity index (χ4v) is 4.53. The maximum absolute atomic E-state index is 12.8. The number of nitrogens with zero attached hydrogens (tertiary/aromatic N) is 2. The predicted octanol–water partition coefficient (Wildman–Crippen LogP) is 3.52. The highest BCUT2D eigenvalue weighted by Crippen LogP contribution is 2.39. The normalized spacial score (nSPS) is 12.2. The second-order valence-corrected chi connectivity index (χ2v) is 7.71. The van der Waals surface area contributed by atoms with Gasteiger partial charge in [0.2, 0.25) is 5.91 Å². The summed E-state index contributed by atoms with van der Waals surface area (Å²) in [7, 11) is 1.63. The number of nitrogens with one attached hydrogen (secondary N) is 1. The molecular formula is C20H19N3O3S. The summed E-state index contributed by atoms with van der Waals surface area (Å²) in [5.41, 5.74) is 3.74. The van der Waals surface area contributed by atoms with Gasteiger partial charge in [-0.25, -0.2) is 0 Å². The molecule has 4 rings (SSSR count). The molecule has 1 aromatic carbocycles. The van der Waals surface area contributed by atoms with E-state index in [-0.39, 0.29) is 18.4 Å². The maximum Gasteiger partial charge on any atom is 0.264 e. The highest BCUT2D eigenvalue weighted by atomic mass is 32.1. The largest absolute Gasteiger partial charge is 0.360 e. The number of anilines is 1. The zero-order valence-corrected chi connectivity index (χ0v) is 15.9. The van der Waals surface area contributed by atoms with Crippen LogP contribution < -0.4 is 5.32 Å². The second-order valence-electron chi connectivity index (χ2n) is 6.65. The van der Waals surface area contributed by atoms with E-state index in [0.717, 1.165) is 17.7 Å². The molecule has 1 aliphatic carbocycles. The Kier molecular flexibility index (Phi) is 4.53. The van der Waals surface area contributed by atoms with Crippen LogP contribution >= 0.6 is 11.3 Å². The zero-order chi connectivity index (χ0) is 19.0. The summed E-state index contributed by atoms with van der Waals surface area (Å²) in [5.74, 6) is 0.491. The molecule has 0 saturated heterocycles. The number of rotatable bonds is 4. The lowest BCUT2D eigenvalue weighted by molar-refractivity contribution is -0.116. The third-order valence-corrected chi connectivity index (χ3v) is 5.77. The molecule has 0 bridgehead atoms. The maximum atomic E-state index is 12.8. The average molecular weight is 381 g/mol. The van der Waals surface area contributed by atoms with Crippen LogP contribution in [-0.2, 0) is 17.6 Å². The summed E-state index contributed by atoms with van der Waals surface area (Å²) in [6, 6.07) is 11.9. The van der Waals surface area contributed by atoms with Gasteiger partial charge in [-0.3, -0.25) is 9.59 Å². The molecule has 2 aromatic heterocycles. The van der Waals surface area contributed by atoms with Crippen LogP contribution in [0.2, 0.25) is 0 Å². The van der Waals surface area contributed by atoms with Crippen LogP contribution in [0, 0.1) is 6.92 Å². The summed E-state index contributed by atoms with van der Waals surface area (Å²) < 4.78 is 4.92. The Labute approximate surface area is 160 Å². The number of carbonyl (C=O) groups is 2. The third-order valence-electron chi connectivity index (χ3n) is 4.57. The minimum Gasteiger partial charge on any atom is -0.360 e. The van der Waals surface area contributed by atoms with Crippen LogP contribution in [0.3, 0.4) is 0 Å². The van der Waals surface area contributed by atoms with Gasteiger partial charge in [-0.2, -0.15) is 0 Å². The van der Waals surface area contributed by atoms with Crippen molar-refractivity contribution in [3.05, 3.63) is 58.2 Å². The fraction of sp³-hybridized carbons (Fsp3) is 0.250. The number of thiophene rings is 1. The number of benzene rings is 1. The number of carbonyl (C=O) groups excluding carboxylic acids is 2. The first-order valence-corrected chi connectivity index (χ1v) is 9.52. The molecule has 0 fully saturated rings. The van der Waals surface area contributed by atoms with Crippen molar-refractivity contribution in [2.45, 2.75) is 19.8 Å². The Morgan fingerprint density at radius 1 is 1.22 bits per heavy atom. The Balaban J connectivity index is 1.47. The van der Waals surface area contributed by atoms with E-state index in [0.29, 0.717) is 16.5 Å². The van der Waals surface area contributed by atoms with Gasteiger partial charge in [-0.1, -0.05) is 29.4 Å². The molecule has 2 amide bonds. The van der Waals surface area contributed by atoms with Gasteiger partial charge in [0, 0.05) is 18.0 Å². The average Bonchev–Trinajstić information content (AvgIpc) is 3.27. The molecule has 1 aliphatic rings. The molecule has 3 aromatic rings. The van der Waals surface area contributed by atoms with Gasteiger partial charge in [-0.15, -0.1) is 11.3 Å². The van der Waals surface area contributed by atoms with Crippen LogP contribution in [0.1, 0.15) is 26.6 Å². The number of aromatic nitrogens is 1. The van der Waals surface area contributed by atoms with E-state index in [1.807, 2.05) is 18.2 Å². The van der Waals surface area contributed by atoms with Gasteiger partial charge >= 0.3 is 0 Å². The van der Waals surface area contributed by atoms with Crippen molar-refractivity contribution in [3.63, 3.8) is 0 Å². The van der Waals surface area contributed by atoms with Crippen LogP contribution in [-0.4, -0.2) is 35.5 Å². The van der Waals surface area contributed by atoms with Crippen molar-refractivity contribution in [2.24, 2.45) is 0 Å². The van der Waals surface area contributed by atoms with Crippen molar-refractivity contribution in [1.82, 2.24) is 10.1 Å². The molecule has 7 heteroatoms. The summed E-state index contributed by atoms with van der Waals surface area (Å²) in [5, 5.41) is 6.35. The Morgan fingerprint density at radius 2 is 2.00 bits per heavy atom. The number of hydrogen-bond donors (Lipinski definition) is 1. The molecular weight excluding hydrogens is 362 g/mol. The van der Waals surface area contributed by atoms with Crippen molar-refractivity contribution < 1.29 is 14.1 Å². The van der Waals surface area contributed by atoms with Gasteiger partial charge in [-0.05, 0) is 42.5 Å². The van der Waals surface area contributed by atoms with Gasteiger partial charge < -0.3 is 14.7 Å². The van der Waals surface area contributed by atoms with Crippen molar-refractivity contribution >= 4 is 29.0 Å². The molecule has 0 radical (unpaired) electrons. The van der Waals surface area contributed by atoms with E-state index in [4.69, 9.17) is 4.52 Å². The number of aryl methyl sites for hydroxylation is 3. The van der Waals surface area contributed by atoms with E-state index in [1.165, 1.54) is 32.9 Å². The SMILES string of the molecule is Cc1cc(NC(=O)CN(C)C(=O)c2cc3c(s2)-c2ccccc2CC3)no1. The van der Waals surface area contributed by atoms with Gasteiger partial charge in [0.1, 0.15) is 5.76 Å². The second kappa shape index (κ2) is 7.00. The minimum atomic E-state index is -0.314. The van der Waals surface area contributed by atoms with E-state index < -0.39 is 0 Å². The van der Waals surface area contributed by atoms with E-state index >= 15 is 0 Å². The fourth-order valence-electron chi connectivity index (χ4n) is 3.26. The first-order chi connectivity index (χ1) is 13.0. The van der Waals surface area contributed by atoms with E-state index in [2.05, 4.69) is 22.6 Å². The molecule has 27 heavy (non-hydrogen) atoms. The number of hydrogen-bond acceptors (Lipinski definition) is 5. The lowest BCUT2D eigenvalue weighted by Gasteiger charge is -2.15. The van der Waals surface area contributed by atoms with E-state index in [9.17, 15) is 9.59 Å². The lowest BCUT2D eigenvalue weighted by atomic mass is 9.91. The summed E-state index contributed by atoms with van der Waals surface area (Å²) >= 11 is 1.50. The van der Waals surface area contributed by atoms with Crippen LogP contribution in [0.4, 0.5) is 5.82 Å². The van der Waals surface area contributed by atoms with Crippen molar-refractivity contribution in [3.8, 4) is 10.4 Å². The molecule has 2 heterocycles. The van der Waals surface area contributed by atoms with Crippen molar-refractivity contribution in [1.29, 1.82) is 0 Å². The summed E-state index contributed by atoms with van der Waals surface area (Å²) in [6.07, 6.45) is 1.93. The monoisotopic (exact) mass is 381 g/mol. The highest BCUT2D eigenvalue weighted by Gasteiger charge is 2.23. The molecule has 6 nitrogen and oxygen atoms in total. The molecule has 0 unspecified atom stereocenters. The molecule has 138 valence electrons. The number of likely N-dealkylation sites (N-methyl/N-ethyl adjacent to an activating group) is 1. The molecule has 0 atom stereocenters. The van der Waals surface area contributed by atoms with Crippen LogP contribution in [0.25, 0.3) is 10.4 Å². The summed E-state index contributed by atoms with van der Waals surface area (Å²) in [4.78, 5) is 28.2. The number of amides is 2. The van der Waals surface area contributed by atoms with Gasteiger partial charge in [0.05, 0.1) is 11.4 Å². The van der Waals surface area contributed by atoms with Gasteiger partial charge in [0.25, 0.3) is 5.91 Å². The first-order valence-electron chi connectivity index (χ1n) is 8.71. The molecule has 0 aliphatic heterocycles. The smallest absolute Gasteiger partial charge is 0.264 e. The Hall–Kier alpha value is -2.93. The summed E-state index contributed by atoms with van der Waals surface area (Å²) in [6.45, 7) is 1.69. The quantitative estimate of drug-likeness (QED) is 0.750. The third kappa shape index (κ3) is 3.50. The van der Waals surface area contributed by atoms with Crippen molar-refractivity contribution in [2.75, 3.05) is 18.9 Å². The lowest BCUT2D eigenvalue weighted by Crippen LogP contribution is -2.34. The molecule has 0 spiro atoms. The standard InChI is InChI=1S/C20H19N3O3S/c1-12-9-17(22-26-12)21-18(24)11-23(2)20(25)16-10-14-8-7-13-5-3-4-6-15(13)19(14)27-16/h3-6,9-10H,7-8,11H2,1-2H3,(H,21,22,24). The zero-order valence-electron chi connectivity index (χ0n) is 15.1. The van der Waals surface area contributed by atoms with E-state index in [1.54, 1.807) is 20.0 Å².